The Kier molecular flexibility index (Phi) is 4.18. The normalized spacial score (nSPS) is 12.0. The molecule has 3 heteroatoms. The Hall–Kier alpha value is -2.16. The number of aromatic hydroxyl groups is 1. The maximum absolute atomic E-state index is 9.81. The van der Waals surface area contributed by atoms with Crippen LogP contribution in [-0.4, -0.2) is 12.2 Å². The number of phenolic OH excluding ortho intramolecular Hbond substituents is 1. The number of rotatable bonds is 4. The fraction of sp³-hybridized carbons (Fsp3) is 0.294. The Morgan fingerprint density at radius 2 is 1.85 bits per heavy atom. The lowest BCUT2D eigenvalue weighted by Gasteiger charge is -2.19. The molecule has 0 aliphatic rings. The number of ether oxygens (including phenoxy) is 1. The summed E-state index contributed by atoms with van der Waals surface area (Å²) in [5.74, 6) is 0.626. The highest BCUT2D eigenvalue weighted by atomic mass is 16.5. The van der Waals surface area contributed by atoms with Crippen molar-refractivity contribution in [1.29, 1.82) is 0 Å². The minimum Gasteiger partial charge on any atom is -0.504 e. The molecule has 106 valence electrons. The summed E-state index contributed by atoms with van der Waals surface area (Å²) >= 11 is 0. The first-order valence-electron chi connectivity index (χ1n) is 6.72. The molecule has 0 radical (unpaired) electrons. The molecule has 1 unspecified atom stereocenters. The topological polar surface area (TPSA) is 41.5 Å². The molecule has 2 aromatic carbocycles. The number of hydrogen-bond donors (Lipinski definition) is 2. The molecule has 3 nitrogen and oxygen atoms in total. The van der Waals surface area contributed by atoms with Crippen LogP contribution in [0.4, 0.5) is 5.69 Å². The van der Waals surface area contributed by atoms with Gasteiger partial charge >= 0.3 is 0 Å². The van der Waals surface area contributed by atoms with Gasteiger partial charge in [-0.05, 0) is 44.0 Å². The predicted molar refractivity (Wildman–Crippen MR) is 82.6 cm³/mol. The first kappa shape index (κ1) is 14.3. The fourth-order valence-corrected chi connectivity index (χ4v) is 2.33. The van der Waals surface area contributed by atoms with Crippen LogP contribution < -0.4 is 10.1 Å². The summed E-state index contributed by atoms with van der Waals surface area (Å²) in [6.45, 7) is 6.32. The maximum Gasteiger partial charge on any atom is 0.160 e. The molecule has 0 aliphatic heterocycles. The molecule has 0 aliphatic carbocycles. The summed E-state index contributed by atoms with van der Waals surface area (Å²) in [7, 11) is 1.54. The first-order valence-corrected chi connectivity index (χ1v) is 6.72. The van der Waals surface area contributed by atoms with E-state index in [0.29, 0.717) is 5.75 Å². The molecule has 20 heavy (non-hydrogen) atoms. The second-order valence-electron chi connectivity index (χ2n) is 5.11. The van der Waals surface area contributed by atoms with Crippen molar-refractivity contribution in [2.45, 2.75) is 26.8 Å². The van der Waals surface area contributed by atoms with Crippen LogP contribution in [0.5, 0.6) is 11.5 Å². The van der Waals surface area contributed by atoms with Gasteiger partial charge in [0.15, 0.2) is 11.5 Å². The van der Waals surface area contributed by atoms with Gasteiger partial charge in [-0.1, -0.05) is 23.8 Å². The second-order valence-corrected chi connectivity index (χ2v) is 5.11. The minimum atomic E-state index is 0.144. The number of hydrogen-bond acceptors (Lipinski definition) is 3. The third-order valence-electron chi connectivity index (χ3n) is 3.46. The van der Waals surface area contributed by atoms with E-state index in [1.165, 1.54) is 16.7 Å². The summed E-state index contributed by atoms with van der Waals surface area (Å²) in [5, 5.41) is 13.2. The molecule has 1 atom stereocenters. The average molecular weight is 271 g/mol. The Morgan fingerprint density at radius 3 is 2.50 bits per heavy atom. The van der Waals surface area contributed by atoms with Gasteiger partial charge in [-0.15, -0.1) is 0 Å². The SMILES string of the molecule is COc1ccc(NC(C)c2cc(C)ccc2C)cc1O. The van der Waals surface area contributed by atoms with E-state index in [1.54, 1.807) is 19.2 Å². The molecule has 0 heterocycles. The van der Waals surface area contributed by atoms with E-state index in [4.69, 9.17) is 4.74 Å². The summed E-state index contributed by atoms with van der Waals surface area (Å²) in [5.41, 5.74) is 4.64. The highest BCUT2D eigenvalue weighted by Crippen LogP contribution is 2.31. The summed E-state index contributed by atoms with van der Waals surface area (Å²) in [6, 6.07) is 12.0. The van der Waals surface area contributed by atoms with Gasteiger partial charge in [-0.3, -0.25) is 0 Å². The van der Waals surface area contributed by atoms with E-state index in [0.717, 1.165) is 5.69 Å². The van der Waals surface area contributed by atoms with Crippen molar-refractivity contribution >= 4 is 5.69 Å². The molecule has 2 aromatic rings. The Bertz CT molecular complexity index is 608. The first-order chi connectivity index (χ1) is 9.51. The van der Waals surface area contributed by atoms with E-state index in [9.17, 15) is 5.11 Å². The van der Waals surface area contributed by atoms with Crippen LogP contribution in [0.15, 0.2) is 36.4 Å². The van der Waals surface area contributed by atoms with Crippen molar-refractivity contribution in [1.82, 2.24) is 0 Å². The van der Waals surface area contributed by atoms with Crippen LogP contribution in [0, 0.1) is 13.8 Å². The van der Waals surface area contributed by atoms with Gasteiger partial charge in [0, 0.05) is 17.8 Å². The van der Waals surface area contributed by atoms with Crippen molar-refractivity contribution < 1.29 is 9.84 Å². The zero-order valence-electron chi connectivity index (χ0n) is 12.4. The van der Waals surface area contributed by atoms with Crippen LogP contribution in [0.3, 0.4) is 0 Å². The van der Waals surface area contributed by atoms with E-state index in [-0.39, 0.29) is 11.8 Å². The largest absolute Gasteiger partial charge is 0.504 e. The lowest BCUT2D eigenvalue weighted by atomic mass is 10.00. The van der Waals surface area contributed by atoms with E-state index in [2.05, 4.69) is 44.3 Å². The van der Waals surface area contributed by atoms with Crippen molar-refractivity contribution in [2.24, 2.45) is 0 Å². The fourth-order valence-electron chi connectivity index (χ4n) is 2.33. The molecule has 0 bridgehead atoms. The van der Waals surface area contributed by atoms with Crippen molar-refractivity contribution in [3.8, 4) is 11.5 Å². The predicted octanol–water partition coefficient (Wildman–Crippen LogP) is 4.19. The second kappa shape index (κ2) is 5.87. The molecule has 0 spiro atoms. The van der Waals surface area contributed by atoms with Crippen LogP contribution in [0.1, 0.15) is 29.7 Å². The number of anilines is 1. The summed E-state index contributed by atoms with van der Waals surface area (Å²) < 4.78 is 5.05. The molecule has 0 fully saturated rings. The quantitative estimate of drug-likeness (QED) is 0.876. The number of aryl methyl sites for hydroxylation is 2. The summed E-state index contributed by atoms with van der Waals surface area (Å²) in [4.78, 5) is 0. The number of nitrogens with one attached hydrogen (secondary N) is 1. The monoisotopic (exact) mass is 271 g/mol. The van der Waals surface area contributed by atoms with Gasteiger partial charge in [0.1, 0.15) is 0 Å². The van der Waals surface area contributed by atoms with E-state index < -0.39 is 0 Å². The maximum atomic E-state index is 9.81. The van der Waals surface area contributed by atoms with Gasteiger partial charge in [-0.25, -0.2) is 0 Å². The molecule has 2 rings (SSSR count). The number of phenols is 1. The van der Waals surface area contributed by atoms with Gasteiger partial charge < -0.3 is 15.2 Å². The lowest BCUT2D eigenvalue weighted by Crippen LogP contribution is -2.08. The van der Waals surface area contributed by atoms with Crippen LogP contribution >= 0.6 is 0 Å². The molecular weight excluding hydrogens is 250 g/mol. The zero-order chi connectivity index (χ0) is 14.7. The van der Waals surface area contributed by atoms with Crippen LogP contribution in [0.25, 0.3) is 0 Å². The zero-order valence-corrected chi connectivity index (χ0v) is 12.4. The molecule has 0 saturated heterocycles. The summed E-state index contributed by atoms with van der Waals surface area (Å²) in [6.07, 6.45) is 0. The molecule has 0 saturated carbocycles. The Balaban J connectivity index is 2.21. The van der Waals surface area contributed by atoms with Gasteiger partial charge in [0.2, 0.25) is 0 Å². The Labute approximate surface area is 120 Å². The molecule has 0 amide bonds. The smallest absolute Gasteiger partial charge is 0.160 e. The molecule has 2 N–H and O–H groups in total. The third-order valence-corrected chi connectivity index (χ3v) is 3.46. The standard InChI is InChI=1S/C17H21NO2/c1-11-5-6-12(2)15(9-11)13(3)18-14-7-8-17(20-4)16(19)10-14/h5-10,13,18-19H,1-4H3. The van der Waals surface area contributed by atoms with Crippen LogP contribution in [0.2, 0.25) is 0 Å². The average Bonchev–Trinajstić information content (AvgIpc) is 2.41. The van der Waals surface area contributed by atoms with Crippen LogP contribution in [-0.2, 0) is 0 Å². The third kappa shape index (κ3) is 3.05. The molecule has 0 aromatic heterocycles. The van der Waals surface area contributed by atoms with Crippen molar-refractivity contribution in [3.63, 3.8) is 0 Å². The van der Waals surface area contributed by atoms with E-state index >= 15 is 0 Å². The lowest BCUT2D eigenvalue weighted by molar-refractivity contribution is 0.373. The Morgan fingerprint density at radius 1 is 1.10 bits per heavy atom. The minimum absolute atomic E-state index is 0.144. The van der Waals surface area contributed by atoms with Gasteiger partial charge in [0.05, 0.1) is 7.11 Å². The number of methoxy groups -OCH3 is 1. The van der Waals surface area contributed by atoms with E-state index in [1.807, 2.05) is 6.07 Å². The highest BCUT2D eigenvalue weighted by Gasteiger charge is 2.10. The van der Waals surface area contributed by atoms with Crippen molar-refractivity contribution in [2.75, 3.05) is 12.4 Å². The van der Waals surface area contributed by atoms with Gasteiger partial charge in [-0.2, -0.15) is 0 Å². The van der Waals surface area contributed by atoms with Gasteiger partial charge in [0.25, 0.3) is 0 Å². The number of benzene rings is 2. The molecular formula is C17H21NO2. The highest BCUT2D eigenvalue weighted by molar-refractivity contribution is 5.55. The van der Waals surface area contributed by atoms with Crippen molar-refractivity contribution in [3.05, 3.63) is 53.1 Å².